The number of rotatable bonds is 10. The van der Waals surface area contributed by atoms with E-state index in [9.17, 15) is 18.4 Å². The quantitative estimate of drug-likeness (QED) is 0.566. The first kappa shape index (κ1) is 23.9. The van der Waals surface area contributed by atoms with Crippen LogP contribution in [0.4, 0.5) is 14.5 Å². The fourth-order valence-corrected chi connectivity index (χ4v) is 3.07. The molecule has 0 unspecified atom stereocenters. The molecule has 0 aromatic heterocycles. The molecule has 0 spiro atoms. The van der Waals surface area contributed by atoms with E-state index in [-0.39, 0.29) is 30.7 Å². The fraction of sp³-hybridized carbons (Fsp3) is 0.300. The summed E-state index contributed by atoms with van der Waals surface area (Å²) in [5.74, 6) is -0.527. The zero-order valence-electron chi connectivity index (χ0n) is 16.1. The van der Waals surface area contributed by atoms with E-state index in [0.717, 1.165) is 5.56 Å². The van der Waals surface area contributed by atoms with E-state index >= 15 is 0 Å². The maximum Gasteiger partial charge on any atom is 0.387 e. The number of amides is 2. The van der Waals surface area contributed by atoms with Crippen LogP contribution in [0.5, 0.6) is 5.75 Å². The van der Waals surface area contributed by atoms with Crippen LogP contribution in [0.25, 0.3) is 0 Å². The van der Waals surface area contributed by atoms with Crippen molar-refractivity contribution in [2.45, 2.75) is 13.0 Å². The molecule has 0 atom stereocenters. The van der Waals surface area contributed by atoms with E-state index in [1.165, 1.54) is 12.1 Å². The monoisotopic (exact) mass is 459 g/mol. The summed E-state index contributed by atoms with van der Waals surface area (Å²) < 4.78 is 28.5. The Kier molecular flexibility index (Phi) is 9.29. The summed E-state index contributed by atoms with van der Waals surface area (Å²) >= 11 is 12.0. The van der Waals surface area contributed by atoms with Crippen molar-refractivity contribution in [2.24, 2.45) is 0 Å². The number of alkyl halides is 2. The minimum atomic E-state index is -2.86. The Morgan fingerprint density at radius 1 is 1.03 bits per heavy atom. The lowest BCUT2D eigenvalue weighted by molar-refractivity contribution is -0.122. The van der Waals surface area contributed by atoms with Crippen molar-refractivity contribution in [1.82, 2.24) is 10.2 Å². The maximum absolute atomic E-state index is 12.1. The second-order valence-corrected chi connectivity index (χ2v) is 7.25. The highest BCUT2D eigenvalue weighted by molar-refractivity contribution is 6.39. The van der Waals surface area contributed by atoms with E-state index in [0.29, 0.717) is 28.7 Å². The Bertz CT molecular complexity index is 847. The third-order valence-corrected chi connectivity index (χ3v) is 4.57. The van der Waals surface area contributed by atoms with Crippen molar-refractivity contribution in [3.63, 3.8) is 0 Å². The van der Waals surface area contributed by atoms with Gasteiger partial charge in [0.2, 0.25) is 11.8 Å². The lowest BCUT2D eigenvalue weighted by Gasteiger charge is -2.17. The molecule has 0 fully saturated rings. The molecule has 6 nitrogen and oxygen atoms in total. The molecular weight excluding hydrogens is 439 g/mol. The number of likely N-dealkylation sites (N-methyl/N-ethyl adjacent to an activating group) is 1. The van der Waals surface area contributed by atoms with Gasteiger partial charge in [0.25, 0.3) is 0 Å². The highest BCUT2D eigenvalue weighted by atomic mass is 35.5. The molecule has 0 aliphatic rings. The van der Waals surface area contributed by atoms with Crippen LogP contribution in [0.3, 0.4) is 0 Å². The van der Waals surface area contributed by atoms with E-state index in [4.69, 9.17) is 23.2 Å². The standard InChI is InChI=1S/C20H21Cl2F2N3O3/c1-27(12-18(29)26-19-15(21)3-2-4-16(19)22)11-17(28)25-10-9-13-5-7-14(8-6-13)30-20(23)24/h2-8,20H,9-12H2,1H3,(H,25,28)(H,26,29). The molecule has 0 radical (unpaired) electrons. The van der Waals surface area contributed by atoms with Gasteiger partial charge in [-0.3, -0.25) is 14.5 Å². The van der Waals surface area contributed by atoms with Gasteiger partial charge in [-0.1, -0.05) is 41.4 Å². The van der Waals surface area contributed by atoms with Crippen LogP contribution in [-0.2, 0) is 16.0 Å². The second-order valence-electron chi connectivity index (χ2n) is 6.44. The minimum Gasteiger partial charge on any atom is -0.435 e. The van der Waals surface area contributed by atoms with Gasteiger partial charge in [-0.15, -0.1) is 0 Å². The van der Waals surface area contributed by atoms with E-state index in [1.54, 1.807) is 42.3 Å². The number of halogens is 4. The molecule has 0 bridgehead atoms. The molecular formula is C20H21Cl2F2N3O3. The van der Waals surface area contributed by atoms with E-state index in [2.05, 4.69) is 15.4 Å². The summed E-state index contributed by atoms with van der Waals surface area (Å²) in [5.41, 5.74) is 1.19. The molecule has 0 saturated carbocycles. The highest BCUT2D eigenvalue weighted by Gasteiger charge is 2.13. The van der Waals surface area contributed by atoms with Gasteiger partial charge in [0.15, 0.2) is 0 Å². The predicted octanol–water partition coefficient (Wildman–Crippen LogP) is 3.82. The Labute approximate surface area is 183 Å². The summed E-state index contributed by atoms with van der Waals surface area (Å²) in [6.45, 7) is -2.51. The van der Waals surface area contributed by atoms with Gasteiger partial charge < -0.3 is 15.4 Å². The Morgan fingerprint density at radius 3 is 2.23 bits per heavy atom. The molecule has 2 N–H and O–H groups in total. The van der Waals surface area contributed by atoms with Crippen molar-refractivity contribution in [1.29, 1.82) is 0 Å². The van der Waals surface area contributed by atoms with Gasteiger partial charge in [-0.25, -0.2) is 0 Å². The lowest BCUT2D eigenvalue weighted by atomic mass is 10.1. The number of hydrogen-bond acceptors (Lipinski definition) is 4. The molecule has 2 aromatic carbocycles. The maximum atomic E-state index is 12.1. The van der Waals surface area contributed by atoms with Crippen LogP contribution < -0.4 is 15.4 Å². The molecule has 2 aromatic rings. The number of hydrogen-bond donors (Lipinski definition) is 2. The van der Waals surface area contributed by atoms with Crippen LogP contribution in [-0.4, -0.2) is 50.0 Å². The van der Waals surface area contributed by atoms with Crippen molar-refractivity contribution in [3.05, 3.63) is 58.1 Å². The third kappa shape index (κ3) is 8.14. The molecule has 10 heteroatoms. The minimum absolute atomic E-state index is 0.0187. The number of nitrogens with one attached hydrogen (secondary N) is 2. The normalized spacial score (nSPS) is 10.9. The smallest absolute Gasteiger partial charge is 0.387 e. The highest BCUT2D eigenvalue weighted by Crippen LogP contribution is 2.29. The van der Waals surface area contributed by atoms with Crippen LogP contribution in [0.2, 0.25) is 10.0 Å². The van der Waals surface area contributed by atoms with Gasteiger partial charge in [0.05, 0.1) is 28.8 Å². The second kappa shape index (κ2) is 11.7. The molecule has 0 aliphatic heterocycles. The summed E-state index contributed by atoms with van der Waals surface area (Å²) in [6.07, 6.45) is 0.524. The van der Waals surface area contributed by atoms with Gasteiger partial charge in [-0.2, -0.15) is 8.78 Å². The number of nitrogens with zero attached hydrogens (tertiary/aromatic N) is 1. The van der Waals surface area contributed by atoms with Crippen LogP contribution in [0.1, 0.15) is 5.56 Å². The van der Waals surface area contributed by atoms with Crippen LogP contribution in [0.15, 0.2) is 42.5 Å². The van der Waals surface area contributed by atoms with Gasteiger partial charge in [-0.05, 0) is 43.3 Å². The number of carbonyl (C=O) groups excluding carboxylic acids is 2. The van der Waals surface area contributed by atoms with E-state index in [1.807, 2.05) is 0 Å². The zero-order valence-corrected chi connectivity index (χ0v) is 17.6. The van der Waals surface area contributed by atoms with Crippen molar-refractivity contribution in [2.75, 3.05) is 32.0 Å². The van der Waals surface area contributed by atoms with Crippen molar-refractivity contribution >= 4 is 40.7 Å². The number of benzene rings is 2. The molecule has 162 valence electrons. The molecule has 2 amide bonds. The first-order valence-corrected chi connectivity index (χ1v) is 9.73. The predicted molar refractivity (Wildman–Crippen MR) is 112 cm³/mol. The molecule has 0 heterocycles. The fourth-order valence-electron chi connectivity index (χ4n) is 2.58. The van der Waals surface area contributed by atoms with E-state index < -0.39 is 6.61 Å². The Balaban J connectivity index is 1.70. The number of carbonyl (C=O) groups is 2. The average molecular weight is 460 g/mol. The van der Waals surface area contributed by atoms with Gasteiger partial charge in [0, 0.05) is 6.54 Å². The topological polar surface area (TPSA) is 70.7 Å². The summed E-state index contributed by atoms with van der Waals surface area (Å²) in [4.78, 5) is 25.7. The summed E-state index contributed by atoms with van der Waals surface area (Å²) in [6, 6.07) is 11.1. The van der Waals surface area contributed by atoms with Gasteiger partial charge in [0.1, 0.15) is 5.75 Å². The molecule has 0 aliphatic carbocycles. The van der Waals surface area contributed by atoms with Gasteiger partial charge >= 0.3 is 6.61 Å². The average Bonchev–Trinajstić information content (AvgIpc) is 2.65. The first-order chi connectivity index (χ1) is 14.2. The first-order valence-electron chi connectivity index (χ1n) is 8.97. The Morgan fingerprint density at radius 2 is 1.63 bits per heavy atom. The largest absolute Gasteiger partial charge is 0.435 e. The third-order valence-electron chi connectivity index (χ3n) is 3.94. The molecule has 0 saturated heterocycles. The zero-order chi connectivity index (χ0) is 22.1. The summed E-state index contributed by atoms with van der Waals surface area (Å²) in [5, 5.41) is 6.02. The molecule has 2 rings (SSSR count). The number of para-hydroxylation sites is 1. The number of anilines is 1. The van der Waals surface area contributed by atoms with Crippen molar-refractivity contribution < 1.29 is 23.1 Å². The van der Waals surface area contributed by atoms with Crippen LogP contribution in [0, 0.1) is 0 Å². The number of ether oxygens (including phenoxy) is 1. The SMILES string of the molecule is CN(CC(=O)NCCc1ccc(OC(F)F)cc1)CC(=O)Nc1c(Cl)cccc1Cl. The Hall–Kier alpha value is -2.42. The molecule has 30 heavy (non-hydrogen) atoms. The summed E-state index contributed by atoms with van der Waals surface area (Å²) in [7, 11) is 1.63. The van der Waals surface area contributed by atoms with Crippen molar-refractivity contribution in [3.8, 4) is 5.75 Å². The van der Waals surface area contributed by atoms with Crippen LogP contribution >= 0.6 is 23.2 Å². The lowest BCUT2D eigenvalue weighted by Crippen LogP contribution is -2.39.